The van der Waals surface area contributed by atoms with E-state index in [0.717, 1.165) is 18.8 Å². The molecule has 3 heterocycles. The molecule has 4 fully saturated rings. The zero-order valence-electron chi connectivity index (χ0n) is 14.2. The van der Waals surface area contributed by atoms with E-state index < -0.39 is 5.60 Å². The lowest BCUT2D eigenvalue weighted by atomic mass is 9.83. The van der Waals surface area contributed by atoms with Gasteiger partial charge < -0.3 is 20.3 Å². The van der Waals surface area contributed by atoms with E-state index in [9.17, 15) is 4.79 Å². The van der Waals surface area contributed by atoms with Gasteiger partial charge in [0.2, 0.25) is 0 Å². The third kappa shape index (κ3) is 3.93. The summed E-state index contributed by atoms with van der Waals surface area (Å²) in [6.07, 6.45) is 5.77. The first-order valence-corrected chi connectivity index (χ1v) is 8.88. The zero-order chi connectivity index (χ0) is 15.7. The second kappa shape index (κ2) is 6.36. The zero-order valence-corrected chi connectivity index (χ0v) is 14.2. The summed E-state index contributed by atoms with van der Waals surface area (Å²) < 4.78 is 5.40. The molecule has 5 nitrogen and oxygen atoms in total. The average Bonchev–Trinajstić information content (AvgIpc) is 2.85. The van der Waals surface area contributed by atoms with Crippen molar-refractivity contribution in [2.24, 2.45) is 5.92 Å². The first-order chi connectivity index (χ1) is 10.4. The highest BCUT2D eigenvalue weighted by Crippen LogP contribution is 2.29. The van der Waals surface area contributed by atoms with Crippen LogP contribution in [0.2, 0.25) is 0 Å². The fraction of sp³-hybridized carbons (Fsp3) is 0.941. The molecule has 0 aromatic rings. The Kier molecular flexibility index (Phi) is 4.64. The van der Waals surface area contributed by atoms with Crippen LogP contribution in [0.15, 0.2) is 0 Å². The molecule has 5 heteroatoms. The Bertz CT molecular complexity index is 399. The summed E-state index contributed by atoms with van der Waals surface area (Å²) >= 11 is 0. The maximum Gasteiger partial charge on any atom is 0.407 e. The first-order valence-electron chi connectivity index (χ1n) is 8.88. The van der Waals surface area contributed by atoms with Gasteiger partial charge in [-0.05, 0) is 71.9 Å². The lowest BCUT2D eigenvalue weighted by Crippen LogP contribution is -2.60. The van der Waals surface area contributed by atoms with Gasteiger partial charge in [0.1, 0.15) is 5.60 Å². The Morgan fingerprint density at radius 1 is 1.05 bits per heavy atom. The van der Waals surface area contributed by atoms with E-state index in [0.29, 0.717) is 12.1 Å². The van der Waals surface area contributed by atoms with Gasteiger partial charge in [-0.2, -0.15) is 0 Å². The monoisotopic (exact) mass is 309 g/mol. The molecular weight excluding hydrogens is 278 g/mol. The van der Waals surface area contributed by atoms with Crippen molar-refractivity contribution >= 4 is 6.09 Å². The fourth-order valence-corrected chi connectivity index (χ4v) is 4.22. The van der Waals surface area contributed by atoms with Crippen LogP contribution in [0.3, 0.4) is 0 Å². The Labute approximate surface area is 134 Å². The molecular formula is C17H31N3O2. The molecule has 3 unspecified atom stereocenters. The van der Waals surface area contributed by atoms with Crippen LogP contribution >= 0.6 is 0 Å². The maximum atomic E-state index is 12.0. The van der Waals surface area contributed by atoms with E-state index in [2.05, 4.69) is 15.5 Å². The van der Waals surface area contributed by atoms with Crippen molar-refractivity contribution in [1.82, 2.24) is 15.5 Å². The molecule has 22 heavy (non-hydrogen) atoms. The molecule has 1 saturated carbocycles. The number of alkyl carbamates (subject to hydrolysis) is 1. The largest absolute Gasteiger partial charge is 0.444 e. The van der Waals surface area contributed by atoms with Gasteiger partial charge in [0.25, 0.3) is 0 Å². The average molecular weight is 309 g/mol. The van der Waals surface area contributed by atoms with Crippen LogP contribution in [-0.2, 0) is 4.74 Å². The van der Waals surface area contributed by atoms with E-state index in [-0.39, 0.29) is 12.1 Å². The van der Waals surface area contributed by atoms with Crippen molar-refractivity contribution in [1.29, 1.82) is 0 Å². The van der Waals surface area contributed by atoms with Crippen molar-refractivity contribution in [3.63, 3.8) is 0 Å². The number of hydrogen-bond donors (Lipinski definition) is 2. The summed E-state index contributed by atoms with van der Waals surface area (Å²) in [5.74, 6) is 0.827. The van der Waals surface area contributed by atoms with Gasteiger partial charge in [0.15, 0.2) is 0 Å². The summed E-state index contributed by atoms with van der Waals surface area (Å²) in [6.45, 7) is 9.44. The number of nitrogens with zero attached hydrogens (tertiary/aromatic N) is 1. The van der Waals surface area contributed by atoms with E-state index in [4.69, 9.17) is 4.74 Å². The van der Waals surface area contributed by atoms with Gasteiger partial charge in [0, 0.05) is 24.7 Å². The second-order valence-electron chi connectivity index (χ2n) is 8.20. The summed E-state index contributed by atoms with van der Waals surface area (Å²) in [5.41, 5.74) is -0.429. The predicted octanol–water partition coefficient (Wildman–Crippen LogP) is 2.12. The van der Waals surface area contributed by atoms with Gasteiger partial charge in [-0.25, -0.2) is 4.79 Å². The second-order valence-corrected chi connectivity index (χ2v) is 8.20. The molecule has 3 aliphatic heterocycles. The number of carbonyl (C=O) groups excluding carboxylic acids is 1. The molecule has 1 amide bonds. The molecule has 0 spiro atoms. The van der Waals surface area contributed by atoms with E-state index in [1.165, 1.54) is 38.9 Å². The molecule has 3 atom stereocenters. The Hall–Kier alpha value is -0.810. The van der Waals surface area contributed by atoms with E-state index in [1.807, 2.05) is 20.8 Å². The van der Waals surface area contributed by atoms with Crippen LogP contribution < -0.4 is 10.6 Å². The number of carbonyl (C=O) groups is 1. The number of piperidine rings is 3. The number of hydrogen-bond acceptors (Lipinski definition) is 4. The van der Waals surface area contributed by atoms with Crippen molar-refractivity contribution in [3.05, 3.63) is 0 Å². The molecule has 0 radical (unpaired) electrons. The highest BCUT2D eigenvalue weighted by atomic mass is 16.6. The van der Waals surface area contributed by atoms with Crippen LogP contribution in [-0.4, -0.2) is 54.4 Å². The summed E-state index contributed by atoms with van der Waals surface area (Å²) in [5, 5.41) is 6.94. The van der Waals surface area contributed by atoms with Crippen molar-refractivity contribution in [2.75, 3.05) is 19.6 Å². The van der Waals surface area contributed by atoms with Crippen molar-refractivity contribution in [2.45, 2.75) is 76.6 Å². The molecule has 4 rings (SSSR count). The van der Waals surface area contributed by atoms with E-state index >= 15 is 0 Å². The Morgan fingerprint density at radius 2 is 1.73 bits per heavy atom. The van der Waals surface area contributed by atoms with Crippen LogP contribution in [0.5, 0.6) is 0 Å². The number of fused-ring (bicyclic) bond motifs is 3. The van der Waals surface area contributed by atoms with Gasteiger partial charge in [-0.1, -0.05) is 0 Å². The smallest absolute Gasteiger partial charge is 0.407 e. The number of rotatable bonds is 3. The molecule has 1 aliphatic carbocycles. The summed E-state index contributed by atoms with van der Waals surface area (Å²) in [4.78, 5) is 14.6. The third-order valence-electron chi connectivity index (χ3n) is 5.30. The molecule has 3 saturated heterocycles. The van der Waals surface area contributed by atoms with Gasteiger partial charge in [0.05, 0.1) is 0 Å². The van der Waals surface area contributed by atoms with Crippen LogP contribution in [0, 0.1) is 5.92 Å². The van der Waals surface area contributed by atoms with Gasteiger partial charge >= 0.3 is 6.09 Å². The maximum absolute atomic E-state index is 12.0. The number of ether oxygens (including phenoxy) is 1. The quantitative estimate of drug-likeness (QED) is 0.838. The minimum Gasteiger partial charge on any atom is -0.444 e. The minimum absolute atomic E-state index is 0.213. The van der Waals surface area contributed by atoms with Gasteiger partial charge in [-0.3, -0.25) is 0 Å². The topological polar surface area (TPSA) is 53.6 Å². The molecule has 2 N–H and O–H groups in total. The summed E-state index contributed by atoms with van der Waals surface area (Å²) in [7, 11) is 0. The fourth-order valence-electron chi connectivity index (χ4n) is 4.22. The molecule has 126 valence electrons. The first kappa shape index (κ1) is 16.1. The third-order valence-corrected chi connectivity index (χ3v) is 5.30. The lowest BCUT2D eigenvalue weighted by molar-refractivity contribution is 0.0471. The van der Waals surface area contributed by atoms with Crippen LogP contribution in [0.1, 0.15) is 52.9 Å². The van der Waals surface area contributed by atoms with E-state index in [1.54, 1.807) is 0 Å². The minimum atomic E-state index is -0.429. The normalized spacial score (nSPS) is 38.0. The van der Waals surface area contributed by atoms with Crippen LogP contribution in [0.25, 0.3) is 0 Å². The Balaban J connectivity index is 1.51. The standard InChI is InChI=1S/C17H31N3O2/c1-17(2,3)22-16(21)19-14-6-4-5-13(14)18-15-11-20-9-7-12(15)8-10-20/h12-15,18H,4-11H2,1-3H3,(H,19,21). The Morgan fingerprint density at radius 3 is 2.32 bits per heavy atom. The van der Waals surface area contributed by atoms with Crippen molar-refractivity contribution < 1.29 is 9.53 Å². The molecule has 0 aromatic carbocycles. The molecule has 0 aromatic heterocycles. The summed E-state index contributed by atoms with van der Waals surface area (Å²) in [6, 6.07) is 1.22. The SMILES string of the molecule is CC(C)(C)OC(=O)NC1CCCC1NC1CN2CCC1CC2. The van der Waals surface area contributed by atoms with Crippen LogP contribution in [0.4, 0.5) is 4.79 Å². The highest BCUT2D eigenvalue weighted by Gasteiger charge is 2.38. The lowest BCUT2D eigenvalue weighted by Gasteiger charge is -2.46. The van der Waals surface area contributed by atoms with Crippen molar-refractivity contribution in [3.8, 4) is 0 Å². The highest BCUT2D eigenvalue weighted by molar-refractivity contribution is 5.68. The molecule has 4 aliphatic rings. The number of amides is 1. The molecule has 2 bridgehead atoms. The predicted molar refractivity (Wildman–Crippen MR) is 86.9 cm³/mol. The van der Waals surface area contributed by atoms with Gasteiger partial charge in [-0.15, -0.1) is 0 Å². The number of nitrogens with one attached hydrogen (secondary N) is 2.